The summed E-state index contributed by atoms with van der Waals surface area (Å²) in [5, 5.41) is 0. The van der Waals surface area contributed by atoms with Gasteiger partial charge in [0.05, 0.1) is 5.92 Å². The van der Waals surface area contributed by atoms with Gasteiger partial charge in [0.1, 0.15) is 5.82 Å². The van der Waals surface area contributed by atoms with Crippen molar-refractivity contribution in [3.8, 4) is 11.1 Å². The van der Waals surface area contributed by atoms with E-state index in [1.807, 2.05) is 42.2 Å². The van der Waals surface area contributed by atoms with Gasteiger partial charge in [-0.1, -0.05) is 49.4 Å². The number of carbonyl (C=O) groups is 2. The quantitative estimate of drug-likeness (QED) is 0.577. The lowest BCUT2D eigenvalue weighted by Gasteiger charge is -2.24. The van der Waals surface area contributed by atoms with Crippen LogP contribution in [0.3, 0.4) is 0 Å². The first-order chi connectivity index (χ1) is 16.0. The van der Waals surface area contributed by atoms with Crippen molar-refractivity contribution in [2.45, 2.75) is 19.8 Å². The molecule has 1 saturated heterocycles. The third kappa shape index (κ3) is 4.97. The van der Waals surface area contributed by atoms with E-state index in [1.54, 1.807) is 41.0 Å². The van der Waals surface area contributed by atoms with E-state index in [9.17, 15) is 14.0 Å². The van der Waals surface area contributed by atoms with Crippen LogP contribution in [0, 0.1) is 11.7 Å². The molecule has 0 aliphatic carbocycles. The number of rotatable bonds is 6. The topological polar surface area (TPSA) is 58.4 Å². The van der Waals surface area contributed by atoms with Crippen molar-refractivity contribution in [3.05, 3.63) is 78.1 Å². The van der Waals surface area contributed by atoms with Crippen molar-refractivity contribution >= 4 is 11.8 Å². The predicted octanol–water partition coefficient (Wildman–Crippen LogP) is 3.78. The van der Waals surface area contributed by atoms with Gasteiger partial charge in [0.15, 0.2) is 5.82 Å². The summed E-state index contributed by atoms with van der Waals surface area (Å²) in [5.41, 5.74) is 2.33. The molecular formula is C26H29FN4O2. The van der Waals surface area contributed by atoms with E-state index in [1.165, 1.54) is 6.07 Å². The molecule has 2 heterocycles. The monoisotopic (exact) mass is 448 g/mol. The maximum Gasteiger partial charge on any atom is 0.289 e. The summed E-state index contributed by atoms with van der Waals surface area (Å²) >= 11 is 0. The Kier molecular flexibility index (Phi) is 6.87. The SMILES string of the molecule is CCCN1CCN(C(=O)c2nccn2C)C[C@@H](Cc2ccc(-c3ccccc3F)cc2)C1=O. The number of nitrogens with zero attached hydrogens (tertiary/aromatic N) is 4. The maximum atomic E-state index is 14.1. The van der Waals surface area contributed by atoms with Crippen LogP contribution in [0.4, 0.5) is 4.39 Å². The minimum atomic E-state index is -0.345. The molecule has 1 fully saturated rings. The molecule has 1 aliphatic heterocycles. The van der Waals surface area contributed by atoms with Gasteiger partial charge in [0.2, 0.25) is 5.91 Å². The molecule has 6 nitrogen and oxygen atoms in total. The summed E-state index contributed by atoms with van der Waals surface area (Å²) in [5.74, 6) is -0.316. The first kappa shape index (κ1) is 22.7. The van der Waals surface area contributed by atoms with E-state index in [0.29, 0.717) is 44.0 Å². The smallest absolute Gasteiger partial charge is 0.289 e. The number of amides is 2. The maximum absolute atomic E-state index is 14.1. The molecule has 1 aromatic heterocycles. The highest BCUT2D eigenvalue weighted by Gasteiger charge is 2.33. The van der Waals surface area contributed by atoms with E-state index in [-0.39, 0.29) is 23.5 Å². The second-order valence-electron chi connectivity index (χ2n) is 8.52. The molecule has 0 bridgehead atoms. The minimum Gasteiger partial charge on any atom is -0.341 e. The van der Waals surface area contributed by atoms with Crippen LogP contribution in [0.25, 0.3) is 11.1 Å². The number of aromatic nitrogens is 2. The number of aryl methyl sites for hydroxylation is 1. The zero-order valence-electron chi connectivity index (χ0n) is 19.1. The van der Waals surface area contributed by atoms with E-state index >= 15 is 0 Å². The second-order valence-corrected chi connectivity index (χ2v) is 8.52. The van der Waals surface area contributed by atoms with E-state index in [0.717, 1.165) is 17.5 Å². The van der Waals surface area contributed by atoms with Gasteiger partial charge in [-0.3, -0.25) is 9.59 Å². The number of carbonyl (C=O) groups excluding carboxylic acids is 2. The lowest BCUT2D eigenvalue weighted by molar-refractivity contribution is -0.134. The molecule has 33 heavy (non-hydrogen) atoms. The van der Waals surface area contributed by atoms with Gasteiger partial charge >= 0.3 is 0 Å². The molecule has 172 valence electrons. The van der Waals surface area contributed by atoms with Crippen LogP contribution >= 0.6 is 0 Å². The molecule has 1 aliphatic rings. The molecule has 0 spiro atoms. The predicted molar refractivity (Wildman–Crippen MR) is 125 cm³/mol. The second kappa shape index (κ2) is 9.98. The summed E-state index contributed by atoms with van der Waals surface area (Å²) < 4.78 is 15.8. The summed E-state index contributed by atoms with van der Waals surface area (Å²) in [6.45, 7) is 4.07. The lowest BCUT2D eigenvalue weighted by Crippen LogP contribution is -2.38. The molecule has 7 heteroatoms. The number of benzene rings is 2. The summed E-state index contributed by atoms with van der Waals surface area (Å²) in [4.78, 5) is 34.2. The molecule has 3 aromatic rings. The first-order valence-electron chi connectivity index (χ1n) is 11.4. The average Bonchev–Trinajstić information content (AvgIpc) is 3.19. The summed E-state index contributed by atoms with van der Waals surface area (Å²) in [7, 11) is 1.79. The van der Waals surface area contributed by atoms with E-state index in [4.69, 9.17) is 0 Å². The molecule has 2 amide bonds. The van der Waals surface area contributed by atoms with Crippen molar-refractivity contribution in [3.63, 3.8) is 0 Å². The third-order valence-electron chi connectivity index (χ3n) is 6.16. The average molecular weight is 449 g/mol. The largest absolute Gasteiger partial charge is 0.341 e. The van der Waals surface area contributed by atoms with E-state index < -0.39 is 0 Å². The Hall–Kier alpha value is -3.48. The molecule has 4 rings (SSSR count). The standard InChI is InChI=1S/C26H29FN4O2/c1-3-13-30-15-16-31(26(33)24-28-12-14-29(24)2)18-21(25(30)32)17-19-8-10-20(11-9-19)22-6-4-5-7-23(22)27/h4-12,14,21H,3,13,15-18H2,1-2H3/t21-/m1/s1. The fraction of sp³-hybridized carbons (Fsp3) is 0.346. The number of halogens is 1. The molecular weight excluding hydrogens is 419 g/mol. The van der Waals surface area contributed by atoms with Gasteiger partial charge in [-0.15, -0.1) is 0 Å². The Balaban J connectivity index is 1.55. The number of hydrogen-bond acceptors (Lipinski definition) is 3. The molecule has 0 radical (unpaired) electrons. The van der Waals surface area contributed by atoms with Gasteiger partial charge in [-0.05, 0) is 30.0 Å². The zero-order chi connectivity index (χ0) is 23.4. The van der Waals surface area contributed by atoms with Crippen LogP contribution in [0.1, 0.15) is 29.5 Å². The Morgan fingerprint density at radius 1 is 1.12 bits per heavy atom. The van der Waals surface area contributed by atoms with Crippen molar-refractivity contribution in [1.82, 2.24) is 19.4 Å². The van der Waals surface area contributed by atoms with Crippen LogP contribution in [-0.4, -0.2) is 57.3 Å². The summed E-state index contributed by atoms with van der Waals surface area (Å²) in [6, 6.07) is 14.3. The third-order valence-corrected chi connectivity index (χ3v) is 6.16. The van der Waals surface area contributed by atoms with Gasteiger partial charge in [0, 0.05) is 51.2 Å². The van der Waals surface area contributed by atoms with Crippen LogP contribution < -0.4 is 0 Å². The van der Waals surface area contributed by atoms with Gasteiger partial charge in [-0.2, -0.15) is 0 Å². The van der Waals surface area contributed by atoms with Crippen molar-refractivity contribution < 1.29 is 14.0 Å². The Bertz CT molecular complexity index is 1130. The van der Waals surface area contributed by atoms with Crippen molar-refractivity contribution in [1.29, 1.82) is 0 Å². The van der Waals surface area contributed by atoms with Crippen LogP contribution in [-0.2, 0) is 18.3 Å². The fourth-order valence-electron chi connectivity index (χ4n) is 4.39. The molecule has 0 saturated carbocycles. The van der Waals surface area contributed by atoms with Crippen LogP contribution in [0.5, 0.6) is 0 Å². The molecule has 1 atom stereocenters. The number of imidazole rings is 1. The van der Waals surface area contributed by atoms with Gasteiger partial charge in [0.25, 0.3) is 5.91 Å². The Morgan fingerprint density at radius 2 is 1.88 bits per heavy atom. The zero-order valence-corrected chi connectivity index (χ0v) is 19.1. The lowest BCUT2D eigenvalue weighted by atomic mass is 9.95. The Morgan fingerprint density at radius 3 is 2.55 bits per heavy atom. The van der Waals surface area contributed by atoms with Crippen molar-refractivity contribution in [2.75, 3.05) is 26.2 Å². The van der Waals surface area contributed by atoms with E-state index in [2.05, 4.69) is 4.98 Å². The van der Waals surface area contributed by atoms with Crippen LogP contribution in [0.15, 0.2) is 60.9 Å². The normalized spacial score (nSPS) is 16.7. The molecule has 0 N–H and O–H groups in total. The van der Waals surface area contributed by atoms with Crippen LogP contribution in [0.2, 0.25) is 0 Å². The van der Waals surface area contributed by atoms with Gasteiger partial charge < -0.3 is 14.4 Å². The molecule has 0 unspecified atom stereocenters. The highest BCUT2D eigenvalue weighted by atomic mass is 19.1. The summed E-state index contributed by atoms with van der Waals surface area (Å²) in [6.07, 6.45) is 4.73. The molecule has 2 aromatic carbocycles. The van der Waals surface area contributed by atoms with Gasteiger partial charge in [-0.25, -0.2) is 9.37 Å². The first-order valence-corrected chi connectivity index (χ1v) is 11.4. The number of hydrogen-bond donors (Lipinski definition) is 0. The fourth-order valence-corrected chi connectivity index (χ4v) is 4.39. The Labute approximate surface area is 193 Å². The highest BCUT2D eigenvalue weighted by Crippen LogP contribution is 2.25. The highest BCUT2D eigenvalue weighted by molar-refractivity contribution is 5.91. The van der Waals surface area contributed by atoms with Crippen molar-refractivity contribution in [2.24, 2.45) is 13.0 Å². The minimum absolute atomic E-state index is 0.0742.